The molecule has 146 valence electrons. The molecule has 0 bridgehead atoms. The smallest absolute Gasteiger partial charge is 0.258 e. The minimum atomic E-state index is -0.241. The summed E-state index contributed by atoms with van der Waals surface area (Å²) in [6.07, 6.45) is 0.794. The molecule has 0 atom stereocenters. The molecule has 0 radical (unpaired) electrons. The number of anilines is 1. The Balaban J connectivity index is 1.93. The van der Waals surface area contributed by atoms with Gasteiger partial charge in [-0.3, -0.25) is 9.59 Å². The van der Waals surface area contributed by atoms with Crippen molar-refractivity contribution in [2.24, 2.45) is 0 Å². The zero-order valence-electron chi connectivity index (χ0n) is 16.2. The van der Waals surface area contributed by atoms with Gasteiger partial charge in [0.1, 0.15) is 5.82 Å². The predicted octanol–water partition coefficient (Wildman–Crippen LogP) is 3.69. The van der Waals surface area contributed by atoms with Crippen molar-refractivity contribution in [2.75, 3.05) is 25.5 Å². The lowest BCUT2D eigenvalue weighted by molar-refractivity contribution is 0.0739. The minimum absolute atomic E-state index is 0.0978. The van der Waals surface area contributed by atoms with Gasteiger partial charge in [0.05, 0.1) is 17.4 Å². The first-order valence-corrected chi connectivity index (χ1v) is 9.52. The molecule has 0 unspecified atom stereocenters. The lowest BCUT2D eigenvalue weighted by atomic mass is 10.1. The van der Waals surface area contributed by atoms with Crippen LogP contribution in [0.4, 0.5) is 5.69 Å². The number of aromatic amines is 1. The number of hydrogen-bond donors (Lipinski definition) is 1. The Hall–Kier alpha value is -2.86. The van der Waals surface area contributed by atoms with Crippen LogP contribution in [0.25, 0.3) is 10.9 Å². The van der Waals surface area contributed by atoms with Crippen molar-refractivity contribution in [3.8, 4) is 0 Å². The zero-order chi connectivity index (χ0) is 20.3. The standard InChI is InChI=1S/C21H23ClN4O2/c1-4-10-26(21(28)14-6-5-7-16(11-14)25(2)3)13-19-23-18-12-15(22)8-9-17(18)20(27)24-19/h5-9,11-12H,4,10,13H2,1-3H3,(H,23,24,27). The zero-order valence-corrected chi connectivity index (χ0v) is 17.0. The first-order valence-electron chi connectivity index (χ1n) is 9.14. The second-order valence-electron chi connectivity index (χ2n) is 6.85. The number of benzene rings is 2. The number of fused-ring (bicyclic) bond motifs is 1. The molecule has 1 amide bonds. The van der Waals surface area contributed by atoms with Gasteiger partial charge in [-0.15, -0.1) is 0 Å². The summed E-state index contributed by atoms with van der Waals surface area (Å²) in [5.41, 5.74) is 1.83. The van der Waals surface area contributed by atoms with E-state index in [9.17, 15) is 9.59 Å². The summed E-state index contributed by atoms with van der Waals surface area (Å²) in [6, 6.07) is 12.4. The van der Waals surface area contributed by atoms with Crippen molar-refractivity contribution in [3.63, 3.8) is 0 Å². The van der Waals surface area contributed by atoms with Crippen molar-refractivity contribution < 1.29 is 4.79 Å². The highest BCUT2D eigenvalue weighted by molar-refractivity contribution is 6.31. The molecule has 0 saturated carbocycles. The van der Waals surface area contributed by atoms with Gasteiger partial charge in [0.25, 0.3) is 11.5 Å². The van der Waals surface area contributed by atoms with Crippen LogP contribution < -0.4 is 10.5 Å². The van der Waals surface area contributed by atoms with Crippen LogP contribution in [0.3, 0.4) is 0 Å². The second kappa shape index (κ2) is 8.44. The molecule has 1 heterocycles. The van der Waals surface area contributed by atoms with Crippen molar-refractivity contribution in [3.05, 3.63) is 69.2 Å². The summed E-state index contributed by atoms with van der Waals surface area (Å²) < 4.78 is 0. The van der Waals surface area contributed by atoms with E-state index in [2.05, 4.69) is 9.97 Å². The predicted molar refractivity (Wildman–Crippen MR) is 113 cm³/mol. The van der Waals surface area contributed by atoms with Crippen LogP contribution in [0, 0.1) is 0 Å². The van der Waals surface area contributed by atoms with Gasteiger partial charge in [-0.25, -0.2) is 4.98 Å². The molecule has 7 heteroatoms. The number of halogens is 1. The quantitative estimate of drug-likeness (QED) is 0.687. The summed E-state index contributed by atoms with van der Waals surface area (Å²) in [4.78, 5) is 36.4. The fourth-order valence-electron chi connectivity index (χ4n) is 3.04. The van der Waals surface area contributed by atoms with Crippen LogP contribution in [0.15, 0.2) is 47.3 Å². The third kappa shape index (κ3) is 4.34. The van der Waals surface area contributed by atoms with Crippen molar-refractivity contribution in [1.29, 1.82) is 0 Å². The first kappa shape index (κ1) is 19.9. The third-order valence-electron chi connectivity index (χ3n) is 4.45. The molecule has 0 aliphatic heterocycles. The van der Waals surface area contributed by atoms with Crippen molar-refractivity contribution >= 4 is 34.1 Å². The van der Waals surface area contributed by atoms with E-state index in [4.69, 9.17) is 11.6 Å². The highest BCUT2D eigenvalue weighted by Gasteiger charge is 2.18. The SMILES string of the molecule is CCCN(Cc1nc2cc(Cl)ccc2c(=O)[nH]1)C(=O)c1cccc(N(C)C)c1. The third-order valence-corrected chi connectivity index (χ3v) is 4.68. The monoisotopic (exact) mass is 398 g/mol. The van der Waals surface area contributed by atoms with Crippen LogP contribution in [0.1, 0.15) is 29.5 Å². The van der Waals surface area contributed by atoms with Crippen LogP contribution in [-0.2, 0) is 6.54 Å². The van der Waals surface area contributed by atoms with E-state index in [-0.39, 0.29) is 18.0 Å². The average molecular weight is 399 g/mol. The number of carbonyl (C=O) groups is 1. The summed E-state index contributed by atoms with van der Waals surface area (Å²) in [6.45, 7) is 2.78. The Bertz CT molecular complexity index is 1060. The lowest BCUT2D eigenvalue weighted by Gasteiger charge is -2.22. The average Bonchev–Trinajstić information content (AvgIpc) is 2.66. The van der Waals surface area contributed by atoms with E-state index in [0.717, 1.165) is 12.1 Å². The molecule has 0 aliphatic carbocycles. The molecule has 28 heavy (non-hydrogen) atoms. The molecule has 3 rings (SSSR count). The normalized spacial score (nSPS) is 10.9. The molecule has 3 aromatic rings. The van der Waals surface area contributed by atoms with Crippen LogP contribution in [-0.4, -0.2) is 41.4 Å². The molecule has 0 spiro atoms. The van der Waals surface area contributed by atoms with Crippen LogP contribution >= 0.6 is 11.6 Å². The van der Waals surface area contributed by atoms with E-state index < -0.39 is 0 Å². The maximum atomic E-state index is 13.1. The van der Waals surface area contributed by atoms with E-state index in [1.165, 1.54) is 0 Å². The molecule has 0 aliphatic rings. The number of aromatic nitrogens is 2. The summed E-state index contributed by atoms with van der Waals surface area (Å²) in [5.74, 6) is 0.338. The summed E-state index contributed by atoms with van der Waals surface area (Å²) >= 11 is 6.03. The van der Waals surface area contributed by atoms with Crippen LogP contribution in [0.5, 0.6) is 0 Å². The Morgan fingerprint density at radius 2 is 1.96 bits per heavy atom. The van der Waals surface area contributed by atoms with Gasteiger partial charge in [0.2, 0.25) is 0 Å². The van der Waals surface area contributed by atoms with E-state index in [1.54, 1.807) is 29.2 Å². The number of carbonyl (C=O) groups excluding carboxylic acids is 1. The van der Waals surface area contributed by atoms with Gasteiger partial charge in [-0.05, 0) is 42.8 Å². The number of nitrogens with one attached hydrogen (secondary N) is 1. The van der Waals surface area contributed by atoms with Crippen LogP contribution in [0.2, 0.25) is 5.02 Å². The molecule has 1 aromatic heterocycles. The summed E-state index contributed by atoms with van der Waals surface area (Å²) in [5, 5.41) is 0.985. The number of rotatable bonds is 6. The lowest BCUT2D eigenvalue weighted by Crippen LogP contribution is -2.33. The largest absolute Gasteiger partial charge is 0.378 e. The number of H-pyrrole nitrogens is 1. The molecule has 2 aromatic carbocycles. The first-order chi connectivity index (χ1) is 13.4. The summed E-state index contributed by atoms with van der Waals surface area (Å²) in [7, 11) is 3.87. The number of nitrogens with zero attached hydrogens (tertiary/aromatic N) is 3. The Morgan fingerprint density at radius 1 is 1.18 bits per heavy atom. The van der Waals surface area contributed by atoms with Gasteiger partial charge in [-0.2, -0.15) is 0 Å². The maximum absolute atomic E-state index is 13.1. The Morgan fingerprint density at radius 3 is 2.68 bits per heavy atom. The highest BCUT2D eigenvalue weighted by atomic mass is 35.5. The highest BCUT2D eigenvalue weighted by Crippen LogP contribution is 2.18. The number of hydrogen-bond acceptors (Lipinski definition) is 4. The molecular weight excluding hydrogens is 376 g/mol. The Kier molecular flexibility index (Phi) is 5.99. The van der Waals surface area contributed by atoms with Gasteiger partial charge < -0.3 is 14.8 Å². The fraction of sp³-hybridized carbons (Fsp3) is 0.286. The van der Waals surface area contributed by atoms with Crippen molar-refractivity contribution in [1.82, 2.24) is 14.9 Å². The Labute approximate surface area is 168 Å². The maximum Gasteiger partial charge on any atom is 0.258 e. The van der Waals surface area contributed by atoms with E-state index in [0.29, 0.717) is 33.9 Å². The fourth-order valence-corrected chi connectivity index (χ4v) is 3.21. The molecular formula is C21H23ClN4O2. The molecule has 0 saturated heterocycles. The van der Waals surface area contributed by atoms with E-state index in [1.807, 2.05) is 44.1 Å². The van der Waals surface area contributed by atoms with E-state index >= 15 is 0 Å². The molecule has 1 N–H and O–H groups in total. The molecule has 0 fully saturated rings. The molecule has 6 nitrogen and oxygen atoms in total. The van der Waals surface area contributed by atoms with Gasteiger partial charge in [0, 0.05) is 36.9 Å². The van der Waals surface area contributed by atoms with Gasteiger partial charge >= 0.3 is 0 Å². The number of amides is 1. The topological polar surface area (TPSA) is 69.3 Å². The van der Waals surface area contributed by atoms with Crippen molar-refractivity contribution in [2.45, 2.75) is 19.9 Å². The van der Waals surface area contributed by atoms with Gasteiger partial charge in [0.15, 0.2) is 0 Å². The van der Waals surface area contributed by atoms with Gasteiger partial charge in [-0.1, -0.05) is 24.6 Å². The second-order valence-corrected chi connectivity index (χ2v) is 7.28. The minimum Gasteiger partial charge on any atom is -0.378 e.